The van der Waals surface area contributed by atoms with Crippen LogP contribution in [-0.4, -0.2) is 35.6 Å². The lowest BCUT2D eigenvalue weighted by Crippen LogP contribution is -2.40. The molecule has 18 heavy (non-hydrogen) atoms. The smallest absolute Gasteiger partial charge is 0.358 e. The van der Waals surface area contributed by atoms with Crippen molar-refractivity contribution in [3.05, 3.63) is 34.3 Å². The van der Waals surface area contributed by atoms with Crippen molar-refractivity contribution in [3.8, 4) is 0 Å². The third kappa shape index (κ3) is 1.64. The molecular weight excluding hydrogens is 298 g/mol. The highest BCUT2D eigenvalue weighted by Crippen LogP contribution is 2.28. The first kappa shape index (κ1) is 11.7. The Labute approximate surface area is 112 Å². The van der Waals surface area contributed by atoms with Crippen LogP contribution in [0.15, 0.2) is 22.8 Å². The number of carbonyl (C=O) groups is 1. The number of ether oxygens (including phenoxy) is 1. The van der Waals surface area contributed by atoms with E-state index in [1.807, 2.05) is 22.7 Å². The van der Waals surface area contributed by atoms with Gasteiger partial charge in [0.05, 0.1) is 12.6 Å². The number of halogens is 1. The monoisotopic (exact) mass is 309 g/mol. The van der Waals surface area contributed by atoms with Gasteiger partial charge >= 0.3 is 5.97 Å². The van der Waals surface area contributed by atoms with Crippen LogP contribution in [0, 0.1) is 0 Å². The van der Waals surface area contributed by atoms with Crippen molar-refractivity contribution in [1.29, 1.82) is 0 Å². The number of hydrogen-bond donors (Lipinski definition) is 1. The molecule has 5 nitrogen and oxygen atoms in total. The number of fused-ring (bicyclic) bond motifs is 1. The minimum Gasteiger partial charge on any atom is -0.464 e. The Bertz CT molecular complexity index is 619. The summed E-state index contributed by atoms with van der Waals surface area (Å²) in [7, 11) is 1.37. The fourth-order valence-corrected chi connectivity index (χ4v) is 2.65. The number of nitrogens with one attached hydrogen (secondary N) is 1. The normalized spacial score (nSPS) is 15.7. The maximum Gasteiger partial charge on any atom is 0.358 e. The van der Waals surface area contributed by atoms with E-state index >= 15 is 0 Å². The van der Waals surface area contributed by atoms with Crippen molar-refractivity contribution in [3.63, 3.8) is 0 Å². The minimum atomic E-state index is -0.405. The summed E-state index contributed by atoms with van der Waals surface area (Å²) in [5.41, 5.74) is 1.14. The number of pyridine rings is 1. The van der Waals surface area contributed by atoms with Crippen LogP contribution >= 0.6 is 15.9 Å². The van der Waals surface area contributed by atoms with Gasteiger partial charge in [-0.2, -0.15) is 0 Å². The molecule has 0 unspecified atom stereocenters. The van der Waals surface area contributed by atoms with Gasteiger partial charge in [-0.15, -0.1) is 0 Å². The molecule has 1 saturated heterocycles. The van der Waals surface area contributed by atoms with Gasteiger partial charge in [0.1, 0.15) is 5.82 Å². The average Bonchev–Trinajstić information content (AvgIpc) is 2.67. The summed E-state index contributed by atoms with van der Waals surface area (Å²) in [6, 6.07) is 3.82. The summed E-state index contributed by atoms with van der Waals surface area (Å²) >= 11 is 3.46. The molecular formula is C12H12BrN3O2. The van der Waals surface area contributed by atoms with E-state index in [1.165, 1.54) is 7.11 Å². The van der Waals surface area contributed by atoms with Crippen LogP contribution in [0.2, 0.25) is 0 Å². The van der Waals surface area contributed by atoms with Crippen LogP contribution < -0.4 is 5.32 Å². The van der Waals surface area contributed by atoms with Crippen molar-refractivity contribution in [1.82, 2.24) is 14.7 Å². The zero-order chi connectivity index (χ0) is 12.7. The van der Waals surface area contributed by atoms with Crippen LogP contribution in [0.3, 0.4) is 0 Å². The Morgan fingerprint density at radius 3 is 3.00 bits per heavy atom. The first-order valence-corrected chi connectivity index (χ1v) is 6.47. The minimum absolute atomic E-state index is 0.352. The standard InChI is InChI=1S/C12H12BrN3O2/c1-18-12(17)9-10-8(13)3-2-4-16(10)11(15-9)7-5-14-6-7/h2-4,7,14H,5-6H2,1H3. The van der Waals surface area contributed by atoms with Gasteiger partial charge in [0.2, 0.25) is 0 Å². The molecule has 0 atom stereocenters. The van der Waals surface area contributed by atoms with Gasteiger partial charge in [0.15, 0.2) is 5.69 Å². The summed E-state index contributed by atoms with van der Waals surface area (Å²) in [5, 5.41) is 3.21. The van der Waals surface area contributed by atoms with Gasteiger partial charge in [-0.25, -0.2) is 9.78 Å². The molecule has 1 aliphatic rings. The summed E-state index contributed by atoms with van der Waals surface area (Å²) in [6.07, 6.45) is 1.92. The first-order chi connectivity index (χ1) is 8.72. The van der Waals surface area contributed by atoms with E-state index in [4.69, 9.17) is 4.74 Å². The highest BCUT2D eigenvalue weighted by molar-refractivity contribution is 9.10. The van der Waals surface area contributed by atoms with Crippen LogP contribution in [0.1, 0.15) is 22.2 Å². The molecule has 1 fully saturated rings. The van der Waals surface area contributed by atoms with E-state index in [9.17, 15) is 4.79 Å². The topological polar surface area (TPSA) is 55.6 Å². The van der Waals surface area contributed by atoms with Gasteiger partial charge < -0.3 is 14.5 Å². The van der Waals surface area contributed by atoms with Gasteiger partial charge in [-0.1, -0.05) is 0 Å². The molecule has 2 aromatic heterocycles. The first-order valence-electron chi connectivity index (χ1n) is 5.68. The molecule has 3 heterocycles. The number of carbonyl (C=O) groups excluding carboxylic acids is 1. The molecule has 0 saturated carbocycles. The zero-order valence-electron chi connectivity index (χ0n) is 9.81. The number of nitrogens with zero attached hydrogens (tertiary/aromatic N) is 2. The molecule has 0 bridgehead atoms. The summed E-state index contributed by atoms with van der Waals surface area (Å²) in [6.45, 7) is 1.79. The predicted molar refractivity (Wildman–Crippen MR) is 69.8 cm³/mol. The second-order valence-corrected chi connectivity index (χ2v) is 5.09. The number of aromatic nitrogens is 2. The highest BCUT2D eigenvalue weighted by atomic mass is 79.9. The van der Waals surface area contributed by atoms with Crippen LogP contribution in [0.4, 0.5) is 0 Å². The van der Waals surface area contributed by atoms with Crippen LogP contribution in [-0.2, 0) is 4.74 Å². The van der Waals surface area contributed by atoms with E-state index in [0.717, 1.165) is 28.9 Å². The lowest BCUT2D eigenvalue weighted by atomic mass is 10.0. The van der Waals surface area contributed by atoms with Gasteiger partial charge in [-0.3, -0.25) is 0 Å². The van der Waals surface area contributed by atoms with E-state index in [-0.39, 0.29) is 0 Å². The molecule has 6 heteroatoms. The SMILES string of the molecule is COC(=O)c1nc(C2CNC2)n2cccc(Br)c12. The Balaban J connectivity index is 2.25. The highest BCUT2D eigenvalue weighted by Gasteiger charge is 2.28. The lowest BCUT2D eigenvalue weighted by Gasteiger charge is -2.25. The molecule has 1 aliphatic heterocycles. The number of hydrogen-bond acceptors (Lipinski definition) is 4. The van der Waals surface area contributed by atoms with Gasteiger partial charge in [0.25, 0.3) is 0 Å². The third-order valence-corrected chi connectivity index (χ3v) is 3.81. The number of rotatable bonds is 2. The Kier molecular flexibility index (Phi) is 2.83. The molecule has 3 rings (SSSR count). The second-order valence-electron chi connectivity index (χ2n) is 4.24. The lowest BCUT2D eigenvalue weighted by molar-refractivity contribution is 0.0596. The summed E-state index contributed by atoms with van der Waals surface area (Å²) < 4.78 is 7.60. The van der Waals surface area contributed by atoms with Crippen LogP contribution in [0.25, 0.3) is 5.52 Å². The van der Waals surface area contributed by atoms with Crippen molar-refractivity contribution < 1.29 is 9.53 Å². The molecule has 0 amide bonds. The fraction of sp³-hybridized carbons (Fsp3) is 0.333. The predicted octanol–water partition coefficient (Wildman–Crippen LogP) is 1.57. The number of imidazole rings is 1. The quantitative estimate of drug-likeness (QED) is 0.856. The molecule has 0 spiro atoms. The Morgan fingerprint density at radius 1 is 1.61 bits per heavy atom. The van der Waals surface area contributed by atoms with Gasteiger partial charge in [-0.05, 0) is 28.1 Å². The van der Waals surface area contributed by atoms with E-state index in [2.05, 4.69) is 26.2 Å². The summed E-state index contributed by atoms with van der Waals surface area (Å²) in [5.74, 6) is 0.855. The molecule has 0 aliphatic carbocycles. The third-order valence-electron chi connectivity index (χ3n) is 3.17. The largest absolute Gasteiger partial charge is 0.464 e. The van der Waals surface area contributed by atoms with Crippen molar-refractivity contribution in [2.24, 2.45) is 0 Å². The van der Waals surface area contributed by atoms with E-state index < -0.39 is 5.97 Å². The van der Waals surface area contributed by atoms with Crippen molar-refractivity contribution >= 4 is 27.4 Å². The molecule has 94 valence electrons. The fourth-order valence-electron chi connectivity index (χ4n) is 2.12. The molecule has 2 aromatic rings. The summed E-state index contributed by atoms with van der Waals surface area (Å²) in [4.78, 5) is 16.2. The van der Waals surface area contributed by atoms with Crippen LogP contribution in [0.5, 0.6) is 0 Å². The average molecular weight is 310 g/mol. The molecule has 0 radical (unpaired) electrons. The number of esters is 1. The maximum atomic E-state index is 11.8. The molecule has 0 aromatic carbocycles. The van der Waals surface area contributed by atoms with E-state index in [0.29, 0.717) is 11.6 Å². The molecule has 1 N–H and O–H groups in total. The Morgan fingerprint density at radius 2 is 2.39 bits per heavy atom. The van der Waals surface area contributed by atoms with E-state index in [1.54, 1.807) is 0 Å². The van der Waals surface area contributed by atoms with Crippen molar-refractivity contribution in [2.75, 3.05) is 20.2 Å². The zero-order valence-corrected chi connectivity index (χ0v) is 11.4. The van der Waals surface area contributed by atoms with Crippen molar-refractivity contribution in [2.45, 2.75) is 5.92 Å². The maximum absolute atomic E-state index is 11.8. The second kappa shape index (κ2) is 4.37. The Hall–Kier alpha value is -1.40. The van der Waals surface area contributed by atoms with Gasteiger partial charge in [0, 0.05) is 29.7 Å². The number of methoxy groups -OCH3 is 1.